The Morgan fingerprint density at radius 1 is 1.58 bits per heavy atom. The molecule has 2 rings (SSSR count). The molecule has 0 saturated carbocycles. The predicted molar refractivity (Wildman–Crippen MR) is 75.4 cm³/mol. The van der Waals surface area contributed by atoms with Crippen molar-refractivity contribution in [1.29, 1.82) is 0 Å². The molecule has 1 aliphatic heterocycles. The molecule has 5 nitrogen and oxygen atoms in total. The van der Waals surface area contributed by atoms with E-state index in [1.807, 2.05) is 0 Å². The van der Waals surface area contributed by atoms with E-state index >= 15 is 0 Å². The van der Waals surface area contributed by atoms with Gasteiger partial charge in [-0.2, -0.15) is 0 Å². The molecule has 1 saturated heterocycles. The smallest absolute Gasteiger partial charge is 0.309 e. The van der Waals surface area contributed by atoms with E-state index in [0.717, 1.165) is 30.2 Å². The normalized spacial score (nSPS) is 18.1. The average molecular weight is 283 g/mol. The number of piperidine rings is 1. The zero-order chi connectivity index (χ0) is 13.8. The first-order valence-electron chi connectivity index (χ1n) is 6.58. The molecule has 0 radical (unpaired) electrons. The Balaban J connectivity index is 1.93. The minimum absolute atomic E-state index is 0.0279. The van der Waals surface area contributed by atoms with Crippen LogP contribution in [0.5, 0.6) is 0 Å². The van der Waals surface area contributed by atoms with Crippen molar-refractivity contribution in [2.75, 3.05) is 27.2 Å². The number of rotatable bonds is 5. The molecule has 0 unspecified atom stereocenters. The molecular formula is C13H21N3O2S. The van der Waals surface area contributed by atoms with Crippen molar-refractivity contribution in [3.63, 3.8) is 0 Å². The third kappa shape index (κ3) is 3.99. The van der Waals surface area contributed by atoms with Crippen LogP contribution in [0.15, 0.2) is 5.51 Å². The molecule has 0 bridgehead atoms. The molecule has 0 atom stereocenters. The summed E-state index contributed by atoms with van der Waals surface area (Å²) in [7, 11) is 4.28. The largest absolute Gasteiger partial charge is 0.481 e. The van der Waals surface area contributed by atoms with Crippen LogP contribution in [-0.2, 0) is 17.8 Å². The SMILES string of the molecule is CN1CCC(N(C)Cc2scnc2CC(=O)O)CC1. The van der Waals surface area contributed by atoms with E-state index < -0.39 is 5.97 Å². The van der Waals surface area contributed by atoms with Crippen molar-refractivity contribution in [3.05, 3.63) is 16.1 Å². The predicted octanol–water partition coefficient (Wildman–Crippen LogP) is 1.30. The van der Waals surface area contributed by atoms with Gasteiger partial charge in [0.2, 0.25) is 0 Å². The number of thiazole rings is 1. The summed E-state index contributed by atoms with van der Waals surface area (Å²) < 4.78 is 0. The van der Waals surface area contributed by atoms with Gasteiger partial charge in [0.1, 0.15) is 0 Å². The second-order valence-corrected chi connectivity index (χ2v) is 6.18. The van der Waals surface area contributed by atoms with Gasteiger partial charge in [0, 0.05) is 17.5 Å². The van der Waals surface area contributed by atoms with Gasteiger partial charge in [0.15, 0.2) is 0 Å². The quantitative estimate of drug-likeness (QED) is 0.882. The number of hydrogen-bond acceptors (Lipinski definition) is 5. The number of carboxylic acids is 1. The number of nitrogens with zero attached hydrogens (tertiary/aromatic N) is 3. The summed E-state index contributed by atoms with van der Waals surface area (Å²) >= 11 is 1.56. The number of aliphatic carboxylic acids is 1. The number of carboxylic acid groups (broad SMARTS) is 1. The molecule has 2 heterocycles. The Morgan fingerprint density at radius 3 is 2.89 bits per heavy atom. The first-order chi connectivity index (χ1) is 9.06. The Morgan fingerprint density at radius 2 is 2.26 bits per heavy atom. The molecule has 0 spiro atoms. The van der Waals surface area contributed by atoms with Crippen LogP contribution in [-0.4, -0.2) is 59.1 Å². The maximum atomic E-state index is 10.8. The molecule has 0 amide bonds. The lowest BCUT2D eigenvalue weighted by Gasteiger charge is -2.35. The summed E-state index contributed by atoms with van der Waals surface area (Å²) in [6, 6.07) is 0.593. The highest BCUT2D eigenvalue weighted by molar-refractivity contribution is 7.09. The number of likely N-dealkylation sites (tertiary alicyclic amines) is 1. The van der Waals surface area contributed by atoms with Crippen molar-refractivity contribution in [1.82, 2.24) is 14.8 Å². The minimum Gasteiger partial charge on any atom is -0.481 e. The summed E-state index contributed by atoms with van der Waals surface area (Å²) in [4.78, 5) is 20.7. The molecule has 19 heavy (non-hydrogen) atoms. The third-order valence-electron chi connectivity index (χ3n) is 3.75. The Labute approximate surface area is 117 Å². The molecule has 1 fully saturated rings. The third-order valence-corrected chi connectivity index (χ3v) is 4.61. The zero-order valence-electron chi connectivity index (χ0n) is 11.5. The van der Waals surface area contributed by atoms with Gasteiger partial charge in [-0.3, -0.25) is 9.69 Å². The zero-order valence-corrected chi connectivity index (χ0v) is 12.3. The summed E-state index contributed by atoms with van der Waals surface area (Å²) in [6.07, 6.45) is 2.39. The van der Waals surface area contributed by atoms with E-state index in [1.54, 1.807) is 16.8 Å². The Bertz CT molecular complexity index is 427. The summed E-state index contributed by atoms with van der Waals surface area (Å²) in [6.45, 7) is 3.08. The highest BCUT2D eigenvalue weighted by Gasteiger charge is 2.22. The van der Waals surface area contributed by atoms with Crippen LogP contribution >= 0.6 is 11.3 Å². The lowest BCUT2D eigenvalue weighted by molar-refractivity contribution is -0.136. The summed E-state index contributed by atoms with van der Waals surface area (Å²) in [5, 5.41) is 8.87. The Kier molecular flexibility index (Phi) is 4.90. The topological polar surface area (TPSA) is 56.7 Å². The Hall–Kier alpha value is -0.980. The lowest BCUT2D eigenvalue weighted by atomic mass is 10.0. The molecule has 1 aromatic heterocycles. The molecule has 106 valence electrons. The average Bonchev–Trinajstić information content (AvgIpc) is 2.76. The summed E-state index contributed by atoms with van der Waals surface area (Å²) in [5.74, 6) is -0.811. The maximum Gasteiger partial charge on any atom is 0.309 e. The maximum absolute atomic E-state index is 10.8. The van der Waals surface area contributed by atoms with E-state index in [0.29, 0.717) is 6.04 Å². The highest BCUT2D eigenvalue weighted by Crippen LogP contribution is 2.21. The van der Waals surface area contributed by atoms with Gasteiger partial charge in [-0.05, 0) is 40.0 Å². The molecule has 0 aromatic carbocycles. The monoisotopic (exact) mass is 283 g/mol. The molecular weight excluding hydrogens is 262 g/mol. The summed E-state index contributed by atoms with van der Waals surface area (Å²) in [5.41, 5.74) is 2.47. The van der Waals surface area contributed by atoms with E-state index in [2.05, 4.69) is 28.9 Å². The van der Waals surface area contributed by atoms with E-state index in [9.17, 15) is 4.79 Å². The van der Waals surface area contributed by atoms with E-state index in [-0.39, 0.29) is 6.42 Å². The van der Waals surface area contributed by atoms with Gasteiger partial charge in [0.05, 0.1) is 17.6 Å². The van der Waals surface area contributed by atoms with Crippen LogP contribution in [0, 0.1) is 0 Å². The van der Waals surface area contributed by atoms with Crippen LogP contribution in [0.3, 0.4) is 0 Å². The van der Waals surface area contributed by atoms with E-state index in [1.165, 1.54) is 12.8 Å². The van der Waals surface area contributed by atoms with Crippen LogP contribution in [0.1, 0.15) is 23.4 Å². The van der Waals surface area contributed by atoms with Gasteiger partial charge >= 0.3 is 5.97 Å². The minimum atomic E-state index is -0.811. The van der Waals surface area contributed by atoms with Gasteiger partial charge in [0.25, 0.3) is 0 Å². The molecule has 1 N–H and O–H groups in total. The molecule has 0 aliphatic carbocycles. The number of carbonyl (C=O) groups is 1. The number of aromatic nitrogens is 1. The van der Waals surface area contributed by atoms with Gasteiger partial charge in [-0.25, -0.2) is 4.98 Å². The fraction of sp³-hybridized carbons (Fsp3) is 0.692. The molecule has 1 aliphatic rings. The second kappa shape index (κ2) is 6.45. The standard InChI is InChI=1S/C13H21N3O2S/c1-15-5-3-10(4-6-15)16(2)8-12-11(7-13(17)18)14-9-19-12/h9-10H,3-8H2,1-2H3,(H,17,18). The first-order valence-corrected chi connectivity index (χ1v) is 7.46. The van der Waals surface area contributed by atoms with Crippen LogP contribution < -0.4 is 0 Å². The van der Waals surface area contributed by atoms with Crippen molar-refractivity contribution in [2.45, 2.75) is 31.8 Å². The number of hydrogen-bond donors (Lipinski definition) is 1. The first kappa shape index (κ1) is 14.4. The van der Waals surface area contributed by atoms with Gasteiger partial charge < -0.3 is 10.0 Å². The fourth-order valence-electron chi connectivity index (χ4n) is 2.50. The van der Waals surface area contributed by atoms with E-state index in [4.69, 9.17) is 5.11 Å². The fourth-order valence-corrected chi connectivity index (χ4v) is 3.35. The van der Waals surface area contributed by atoms with Crippen LogP contribution in [0.4, 0.5) is 0 Å². The van der Waals surface area contributed by atoms with Crippen molar-refractivity contribution in [3.8, 4) is 0 Å². The highest BCUT2D eigenvalue weighted by atomic mass is 32.1. The molecule has 1 aromatic rings. The molecule has 6 heteroatoms. The van der Waals surface area contributed by atoms with Gasteiger partial charge in [-0.15, -0.1) is 11.3 Å². The van der Waals surface area contributed by atoms with Crippen molar-refractivity contribution >= 4 is 17.3 Å². The van der Waals surface area contributed by atoms with Crippen LogP contribution in [0.2, 0.25) is 0 Å². The lowest BCUT2D eigenvalue weighted by Crippen LogP contribution is -2.41. The van der Waals surface area contributed by atoms with Gasteiger partial charge in [-0.1, -0.05) is 0 Å². The van der Waals surface area contributed by atoms with Crippen molar-refractivity contribution in [2.24, 2.45) is 0 Å². The second-order valence-electron chi connectivity index (χ2n) is 5.24. The van der Waals surface area contributed by atoms with Crippen LogP contribution in [0.25, 0.3) is 0 Å². The van der Waals surface area contributed by atoms with Crippen molar-refractivity contribution < 1.29 is 9.90 Å².